The smallest absolute Gasteiger partial charge is 0.191 e. The molecular formula is C14H27IN4S2. The number of hydrogen-bond acceptors (Lipinski definition) is 4. The quantitative estimate of drug-likeness (QED) is 0.281. The summed E-state index contributed by atoms with van der Waals surface area (Å²) < 4.78 is 0. The van der Waals surface area contributed by atoms with Gasteiger partial charge in [-0.15, -0.1) is 35.3 Å². The van der Waals surface area contributed by atoms with Gasteiger partial charge in [-0.25, -0.2) is 0 Å². The summed E-state index contributed by atoms with van der Waals surface area (Å²) in [5.74, 6) is 2.00. The Hall–Kier alpha value is 0.01000. The van der Waals surface area contributed by atoms with Gasteiger partial charge in [-0.3, -0.25) is 4.99 Å². The molecule has 1 unspecified atom stereocenters. The molecule has 4 nitrogen and oxygen atoms in total. The van der Waals surface area contributed by atoms with Gasteiger partial charge in [-0.1, -0.05) is 6.07 Å². The predicted octanol–water partition coefficient (Wildman–Crippen LogP) is 2.89. The van der Waals surface area contributed by atoms with Crippen LogP contribution in [0.5, 0.6) is 0 Å². The van der Waals surface area contributed by atoms with Crippen LogP contribution in [0.4, 0.5) is 0 Å². The van der Waals surface area contributed by atoms with Crippen molar-refractivity contribution in [3.8, 4) is 0 Å². The third-order valence-corrected chi connectivity index (χ3v) is 4.45. The maximum atomic E-state index is 4.71. The molecule has 21 heavy (non-hydrogen) atoms. The Morgan fingerprint density at radius 1 is 1.43 bits per heavy atom. The molecule has 0 aliphatic rings. The zero-order chi connectivity index (χ0) is 14.8. The minimum atomic E-state index is 0. The van der Waals surface area contributed by atoms with Crippen molar-refractivity contribution in [3.63, 3.8) is 0 Å². The fraction of sp³-hybridized carbons (Fsp3) is 0.643. The largest absolute Gasteiger partial charge is 0.357 e. The normalized spacial score (nSPS) is 12.9. The Balaban J connectivity index is 0.00000400. The van der Waals surface area contributed by atoms with E-state index in [1.807, 2.05) is 11.8 Å². The number of thioether (sulfide) groups is 1. The lowest BCUT2D eigenvalue weighted by molar-refractivity contribution is 0.310. The molecule has 0 saturated heterocycles. The van der Waals surface area contributed by atoms with Crippen molar-refractivity contribution in [1.82, 2.24) is 15.5 Å². The number of thiophene rings is 1. The van der Waals surface area contributed by atoms with E-state index in [1.165, 1.54) is 4.88 Å². The van der Waals surface area contributed by atoms with Gasteiger partial charge in [0.05, 0.1) is 12.6 Å². The number of rotatable bonds is 8. The highest BCUT2D eigenvalue weighted by atomic mass is 127. The molecule has 1 aromatic rings. The van der Waals surface area contributed by atoms with E-state index in [9.17, 15) is 0 Å². The van der Waals surface area contributed by atoms with E-state index in [-0.39, 0.29) is 24.0 Å². The summed E-state index contributed by atoms with van der Waals surface area (Å²) in [5.41, 5.74) is 0. The SMILES string of the molecule is CCNC(=NCC(c1cccs1)N(C)C)NCCSC.I. The highest BCUT2D eigenvalue weighted by molar-refractivity contribution is 14.0. The average Bonchev–Trinajstić information content (AvgIpc) is 2.92. The van der Waals surface area contributed by atoms with Gasteiger partial charge in [0.25, 0.3) is 0 Å². The van der Waals surface area contributed by atoms with Crippen LogP contribution < -0.4 is 10.6 Å². The van der Waals surface area contributed by atoms with Gasteiger partial charge >= 0.3 is 0 Å². The van der Waals surface area contributed by atoms with Crippen molar-refractivity contribution in [2.75, 3.05) is 45.7 Å². The lowest BCUT2D eigenvalue weighted by atomic mass is 10.2. The van der Waals surface area contributed by atoms with E-state index >= 15 is 0 Å². The molecule has 0 radical (unpaired) electrons. The van der Waals surface area contributed by atoms with Crippen molar-refractivity contribution in [2.24, 2.45) is 4.99 Å². The number of hydrogen-bond donors (Lipinski definition) is 2. The zero-order valence-corrected chi connectivity index (χ0v) is 17.2. The molecule has 1 aromatic heterocycles. The molecule has 0 spiro atoms. The van der Waals surface area contributed by atoms with E-state index < -0.39 is 0 Å². The van der Waals surface area contributed by atoms with Crippen molar-refractivity contribution in [2.45, 2.75) is 13.0 Å². The number of nitrogens with zero attached hydrogens (tertiary/aromatic N) is 2. The second-order valence-corrected chi connectivity index (χ2v) is 6.60. The molecule has 0 fully saturated rings. The van der Waals surface area contributed by atoms with E-state index in [4.69, 9.17) is 4.99 Å². The lowest BCUT2D eigenvalue weighted by Gasteiger charge is -2.22. The Morgan fingerprint density at radius 2 is 2.19 bits per heavy atom. The molecular weight excluding hydrogens is 415 g/mol. The maximum Gasteiger partial charge on any atom is 0.191 e. The number of halogens is 1. The third-order valence-electron chi connectivity index (χ3n) is 2.86. The van der Waals surface area contributed by atoms with Crippen LogP contribution in [0.15, 0.2) is 22.5 Å². The van der Waals surface area contributed by atoms with Crippen LogP contribution in [0.25, 0.3) is 0 Å². The molecule has 0 aliphatic heterocycles. The summed E-state index contributed by atoms with van der Waals surface area (Å²) in [5, 5.41) is 8.78. The topological polar surface area (TPSA) is 39.7 Å². The van der Waals surface area contributed by atoms with Crippen LogP contribution >= 0.6 is 47.1 Å². The molecule has 0 aromatic carbocycles. The van der Waals surface area contributed by atoms with E-state index in [1.54, 1.807) is 11.3 Å². The molecule has 2 N–H and O–H groups in total. The first kappa shape index (κ1) is 21.0. The van der Waals surface area contributed by atoms with E-state index in [0.717, 1.165) is 31.3 Å². The zero-order valence-electron chi connectivity index (χ0n) is 13.3. The predicted molar refractivity (Wildman–Crippen MR) is 109 cm³/mol. The molecule has 0 amide bonds. The van der Waals surface area contributed by atoms with Crippen LogP contribution in [-0.2, 0) is 0 Å². The molecule has 122 valence electrons. The van der Waals surface area contributed by atoms with Crippen LogP contribution in [0.2, 0.25) is 0 Å². The first-order valence-corrected chi connectivity index (χ1v) is 9.17. The summed E-state index contributed by atoms with van der Waals surface area (Å²) in [6.07, 6.45) is 2.12. The van der Waals surface area contributed by atoms with Gasteiger partial charge in [0.1, 0.15) is 0 Å². The number of likely N-dealkylation sites (N-methyl/N-ethyl adjacent to an activating group) is 1. The fourth-order valence-corrected chi connectivity index (χ4v) is 3.00. The van der Waals surface area contributed by atoms with Gasteiger partial charge < -0.3 is 15.5 Å². The van der Waals surface area contributed by atoms with Gasteiger partial charge in [0.15, 0.2) is 5.96 Å². The second kappa shape index (κ2) is 12.5. The summed E-state index contributed by atoms with van der Waals surface area (Å²) >= 11 is 3.63. The minimum absolute atomic E-state index is 0. The highest BCUT2D eigenvalue weighted by Crippen LogP contribution is 2.23. The highest BCUT2D eigenvalue weighted by Gasteiger charge is 2.14. The Kier molecular flexibility index (Phi) is 12.5. The summed E-state index contributed by atoms with van der Waals surface area (Å²) in [4.78, 5) is 8.30. The molecule has 1 rings (SSSR count). The van der Waals surface area contributed by atoms with Crippen LogP contribution in [0.3, 0.4) is 0 Å². The summed E-state index contributed by atoms with van der Waals surface area (Å²) in [7, 11) is 4.21. The Morgan fingerprint density at radius 3 is 2.71 bits per heavy atom. The monoisotopic (exact) mass is 442 g/mol. The average molecular weight is 442 g/mol. The first-order valence-electron chi connectivity index (χ1n) is 6.90. The molecule has 7 heteroatoms. The van der Waals surface area contributed by atoms with Crippen LogP contribution in [0.1, 0.15) is 17.8 Å². The minimum Gasteiger partial charge on any atom is -0.357 e. The molecule has 0 saturated carbocycles. The number of guanidine groups is 1. The Labute approximate surface area is 154 Å². The van der Waals surface area contributed by atoms with E-state index in [2.05, 4.69) is 60.3 Å². The number of aliphatic imine (C=N–C) groups is 1. The van der Waals surface area contributed by atoms with Gasteiger partial charge in [0.2, 0.25) is 0 Å². The summed E-state index contributed by atoms with van der Waals surface area (Å²) in [6, 6.07) is 4.62. The standard InChI is InChI=1S/C14H26N4S2.HI/c1-5-15-14(16-8-10-19-4)17-11-12(18(2)3)13-7-6-9-20-13;/h6-7,9,12H,5,8,10-11H2,1-4H3,(H2,15,16,17);1H. The fourth-order valence-electron chi connectivity index (χ4n) is 1.78. The van der Waals surface area contributed by atoms with Crippen molar-refractivity contribution in [3.05, 3.63) is 22.4 Å². The van der Waals surface area contributed by atoms with Crippen molar-refractivity contribution < 1.29 is 0 Å². The number of nitrogens with one attached hydrogen (secondary N) is 2. The van der Waals surface area contributed by atoms with Crippen LogP contribution in [0, 0.1) is 0 Å². The molecule has 1 heterocycles. The second-order valence-electron chi connectivity index (χ2n) is 4.63. The maximum absolute atomic E-state index is 4.71. The van der Waals surface area contributed by atoms with Gasteiger partial charge in [-0.2, -0.15) is 11.8 Å². The van der Waals surface area contributed by atoms with Crippen molar-refractivity contribution in [1.29, 1.82) is 0 Å². The molecule has 1 atom stereocenters. The van der Waals surface area contributed by atoms with Crippen LogP contribution in [-0.4, -0.2) is 56.6 Å². The third kappa shape index (κ3) is 8.27. The molecule has 0 aliphatic carbocycles. The van der Waals surface area contributed by atoms with Gasteiger partial charge in [0, 0.05) is 23.7 Å². The van der Waals surface area contributed by atoms with Gasteiger partial charge in [-0.05, 0) is 38.7 Å². The van der Waals surface area contributed by atoms with E-state index in [0.29, 0.717) is 6.04 Å². The Bertz CT molecular complexity index is 382. The summed E-state index contributed by atoms with van der Waals surface area (Å²) in [6.45, 7) is 4.69. The van der Waals surface area contributed by atoms with Crippen molar-refractivity contribution >= 4 is 53.0 Å². The first-order chi connectivity index (χ1) is 9.69. The molecule has 0 bridgehead atoms. The lowest BCUT2D eigenvalue weighted by Crippen LogP contribution is -2.39.